The van der Waals surface area contributed by atoms with E-state index in [0.29, 0.717) is 6.04 Å². The smallest absolute Gasteiger partial charge is 0.108 e. The summed E-state index contributed by atoms with van der Waals surface area (Å²) in [6, 6.07) is 7.08. The highest BCUT2D eigenvalue weighted by Crippen LogP contribution is 2.31. The zero-order chi connectivity index (χ0) is 12.4. The molecule has 0 aromatic carbocycles. The summed E-state index contributed by atoms with van der Waals surface area (Å²) in [5, 5.41) is 3.67. The minimum absolute atomic E-state index is 0.472. The van der Waals surface area contributed by atoms with Crippen LogP contribution in [0.4, 0.5) is 0 Å². The molecule has 3 heteroatoms. The number of furan rings is 1. The Bertz CT molecular complexity index is 514. The lowest BCUT2D eigenvalue weighted by Crippen LogP contribution is -2.23. The molecule has 2 heterocycles. The fourth-order valence-electron chi connectivity index (χ4n) is 2.63. The van der Waals surface area contributed by atoms with E-state index in [9.17, 15) is 0 Å². The van der Waals surface area contributed by atoms with Crippen LogP contribution < -0.4 is 5.32 Å². The lowest BCUT2D eigenvalue weighted by molar-refractivity contribution is 0.412. The fraction of sp³-hybridized carbons (Fsp3) is 0.467. The molecule has 1 N–H and O–H groups in total. The quantitative estimate of drug-likeness (QED) is 0.897. The van der Waals surface area contributed by atoms with E-state index < -0.39 is 0 Å². The molecular formula is C15H19NOS. The number of nitrogens with one attached hydrogen (secondary N) is 1. The Hall–Kier alpha value is -1.06. The molecule has 1 aliphatic rings. The van der Waals surface area contributed by atoms with Crippen LogP contribution in [0.2, 0.25) is 0 Å². The van der Waals surface area contributed by atoms with Crippen molar-refractivity contribution in [1.82, 2.24) is 5.32 Å². The molecule has 2 nitrogen and oxygen atoms in total. The summed E-state index contributed by atoms with van der Waals surface area (Å²) in [6.07, 6.45) is 6.51. The molecule has 3 rings (SSSR count). The maximum atomic E-state index is 5.52. The molecule has 0 radical (unpaired) electrons. The number of fused-ring (bicyclic) bond motifs is 1. The molecule has 0 aliphatic heterocycles. The van der Waals surface area contributed by atoms with Crippen molar-refractivity contribution in [2.24, 2.45) is 0 Å². The molecule has 1 aliphatic carbocycles. The zero-order valence-corrected chi connectivity index (χ0v) is 11.6. The molecular weight excluding hydrogens is 242 g/mol. The lowest BCUT2D eigenvalue weighted by atomic mass is 9.93. The van der Waals surface area contributed by atoms with Gasteiger partial charge in [0.25, 0.3) is 0 Å². The van der Waals surface area contributed by atoms with Crippen molar-refractivity contribution in [3.63, 3.8) is 0 Å². The lowest BCUT2D eigenvalue weighted by Gasteiger charge is -2.22. The third-order valence-electron chi connectivity index (χ3n) is 3.64. The van der Waals surface area contributed by atoms with E-state index in [1.54, 1.807) is 0 Å². The molecule has 2 aromatic rings. The Morgan fingerprint density at radius 2 is 2.22 bits per heavy atom. The summed E-state index contributed by atoms with van der Waals surface area (Å²) in [4.78, 5) is 2.90. The van der Waals surface area contributed by atoms with E-state index in [2.05, 4.69) is 30.4 Å². The van der Waals surface area contributed by atoms with Gasteiger partial charge in [-0.15, -0.1) is 11.3 Å². The second-order valence-electron chi connectivity index (χ2n) is 4.85. The van der Waals surface area contributed by atoms with Crippen molar-refractivity contribution in [1.29, 1.82) is 0 Å². The molecule has 0 saturated carbocycles. The summed E-state index contributed by atoms with van der Waals surface area (Å²) >= 11 is 1.92. The van der Waals surface area contributed by atoms with Crippen molar-refractivity contribution < 1.29 is 4.42 Å². The number of hydrogen-bond donors (Lipinski definition) is 1. The predicted octanol–water partition coefficient (Wildman–Crippen LogP) is 4.07. The minimum Gasteiger partial charge on any atom is -0.469 e. The highest BCUT2D eigenvalue weighted by Gasteiger charge is 2.21. The summed E-state index contributed by atoms with van der Waals surface area (Å²) in [5.41, 5.74) is 1.37. The molecule has 1 unspecified atom stereocenters. The third-order valence-corrected chi connectivity index (χ3v) is 4.87. The van der Waals surface area contributed by atoms with Gasteiger partial charge in [-0.1, -0.05) is 6.92 Å². The second kappa shape index (κ2) is 5.29. The summed E-state index contributed by atoms with van der Waals surface area (Å²) in [7, 11) is 0. The highest BCUT2D eigenvalue weighted by molar-refractivity contribution is 7.11. The Morgan fingerprint density at radius 3 is 3.06 bits per heavy atom. The first kappa shape index (κ1) is 12.0. The van der Waals surface area contributed by atoms with Crippen molar-refractivity contribution in [2.75, 3.05) is 0 Å². The Kier molecular flexibility index (Phi) is 3.52. The van der Waals surface area contributed by atoms with Crippen LogP contribution in [0.1, 0.15) is 46.9 Å². The van der Waals surface area contributed by atoms with Crippen LogP contribution >= 0.6 is 11.3 Å². The van der Waals surface area contributed by atoms with Crippen LogP contribution in [0.25, 0.3) is 0 Å². The number of aryl methyl sites for hydroxylation is 2. The van der Waals surface area contributed by atoms with Gasteiger partial charge in [-0.05, 0) is 37.5 Å². The standard InChI is InChI=1S/C15H19NOS/c1-2-11-6-7-12(18-11)10-16-14-4-3-5-15-13(14)8-9-17-15/h6-9,14,16H,2-5,10H2,1H3. The fourth-order valence-corrected chi connectivity index (χ4v) is 3.54. The molecule has 18 heavy (non-hydrogen) atoms. The first-order valence-electron chi connectivity index (χ1n) is 6.74. The van der Waals surface area contributed by atoms with Gasteiger partial charge in [0, 0.05) is 34.3 Å². The van der Waals surface area contributed by atoms with Crippen molar-refractivity contribution in [3.8, 4) is 0 Å². The van der Waals surface area contributed by atoms with Gasteiger partial charge in [0.2, 0.25) is 0 Å². The largest absolute Gasteiger partial charge is 0.469 e. The average molecular weight is 261 g/mol. The van der Waals surface area contributed by atoms with Gasteiger partial charge in [-0.3, -0.25) is 0 Å². The van der Waals surface area contributed by atoms with E-state index in [1.165, 1.54) is 33.9 Å². The van der Waals surface area contributed by atoms with Crippen LogP contribution in [0.3, 0.4) is 0 Å². The van der Waals surface area contributed by atoms with Crippen molar-refractivity contribution in [3.05, 3.63) is 45.5 Å². The van der Waals surface area contributed by atoms with Gasteiger partial charge in [0.1, 0.15) is 5.76 Å². The summed E-state index contributed by atoms with van der Waals surface area (Å²) < 4.78 is 5.52. The predicted molar refractivity (Wildman–Crippen MR) is 74.9 cm³/mol. The van der Waals surface area contributed by atoms with Gasteiger partial charge in [-0.2, -0.15) is 0 Å². The van der Waals surface area contributed by atoms with E-state index in [1.807, 2.05) is 17.6 Å². The topological polar surface area (TPSA) is 25.2 Å². The van der Waals surface area contributed by atoms with Gasteiger partial charge in [-0.25, -0.2) is 0 Å². The monoisotopic (exact) mass is 261 g/mol. The van der Waals surface area contributed by atoms with E-state index in [4.69, 9.17) is 4.42 Å². The van der Waals surface area contributed by atoms with Crippen molar-refractivity contribution >= 4 is 11.3 Å². The Labute approximate surface area is 112 Å². The van der Waals surface area contributed by atoms with E-state index in [0.717, 1.165) is 19.4 Å². The summed E-state index contributed by atoms with van der Waals surface area (Å²) in [6.45, 7) is 3.18. The van der Waals surface area contributed by atoms with Crippen LogP contribution in [0.15, 0.2) is 28.9 Å². The number of thiophene rings is 1. The van der Waals surface area contributed by atoms with Gasteiger partial charge >= 0.3 is 0 Å². The van der Waals surface area contributed by atoms with E-state index in [-0.39, 0.29) is 0 Å². The molecule has 96 valence electrons. The highest BCUT2D eigenvalue weighted by atomic mass is 32.1. The molecule has 0 fully saturated rings. The Morgan fingerprint density at radius 1 is 1.33 bits per heavy atom. The second-order valence-corrected chi connectivity index (χ2v) is 6.10. The maximum absolute atomic E-state index is 5.52. The SMILES string of the molecule is CCc1ccc(CNC2CCCc3occc32)s1. The average Bonchev–Trinajstić information content (AvgIpc) is 3.05. The van der Waals surface area contributed by atoms with Crippen LogP contribution in [-0.4, -0.2) is 0 Å². The summed E-state index contributed by atoms with van der Waals surface area (Å²) in [5.74, 6) is 1.18. The normalized spacial score (nSPS) is 18.8. The first-order chi connectivity index (χ1) is 8.86. The van der Waals surface area contributed by atoms with Crippen LogP contribution in [-0.2, 0) is 19.4 Å². The van der Waals surface area contributed by atoms with Gasteiger partial charge in [0.15, 0.2) is 0 Å². The zero-order valence-electron chi connectivity index (χ0n) is 10.7. The number of hydrogen-bond acceptors (Lipinski definition) is 3. The van der Waals surface area contributed by atoms with Gasteiger partial charge in [0.05, 0.1) is 6.26 Å². The molecule has 0 spiro atoms. The molecule has 1 atom stereocenters. The molecule has 0 saturated heterocycles. The minimum atomic E-state index is 0.472. The van der Waals surface area contributed by atoms with Crippen LogP contribution in [0, 0.1) is 0 Å². The van der Waals surface area contributed by atoms with E-state index >= 15 is 0 Å². The number of rotatable bonds is 4. The van der Waals surface area contributed by atoms with Gasteiger partial charge < -0.3 is 9.73 Å². The Balaban J connectivity index is 1.64. The first-order valence-corrected chi connectivity index (χ1v) is 7.55. The molecule has 0 amide bonds. The van der Waals surface area contributed by atoms with Crippen LogP contribution in [0.5, 0.6) is 0 Å². The molecule has 0 bridgehead atoms. The maximum Gasteiger partial charge on any atom is 0.108 e. The van der Waals surface area contributed by atoms with Crippen molar-refractivity contribution in [2.45, 2.75) is 45.2 Å². The molecule has 2 aromatic heterocycles. The third kappa shape index (κ3) is 2.38.